The lowest BCUT2D eigenvalue weighted by Gasteiger charge is -2.47. The van der Waals surface area contributed by atoms with Crippen LogP contribution in [0.3, 0.4) is 0 Å². The Balaban J connectivity index is 1.29. The number of ether oxygens (including phenoxy) is 12. The topological polar surface area (TPSA) is 603 Å². The molecule has 0 bridgehead atoms. The van der Waals surface area contributed by atoms with E-state index < -0.39 is 335 Å². The molecule has 6 fully saturated rings. The summed E-state index contributed by atoms with van der Waals surface area (Å²) in [5.41, 5.74) is 0. The number of carbonyl (C=O) groups excluding carboxylic acids is 8. The number of amides is 6. The Hall–Kier alpha value is -5.20. The Labute approximate surface area is 573 Å². The largest absolute Gasteiger partial charge is 0.460 e. The molecular formula is C60H100N6O34. The molecule has 12 unspecified atom stereocenters. The smallest absolute Gasteiger partial charge is 0.306 e. The van der Waals surface area contributed by atoms with Gasteiger partial charge in [0, 0.05) is 53.4 Å². The highest BCUT2D eigenvalue weighted by atomic mass is 16.6. The van der Waals surface area contributed by atoms with Crippen molar-refractivity contribution < 1.29 is 167 Å². The number of nitrogens with one attached hydrogen (secondary N) is 6. The molecule has 100 heavy (non-hydrogen) atoms. The van der Waals surface area contributed by atoms with Crippen LogP contribution in [0.25, 0.3) is 0 Å². The Kier molecular flexibility index (Phi) is 33.2. The molecule has 0 aliphatic carbocycles. The van der Waals surface area contributed by atoms with Crippen LogP contribution in [0.2, 0.25) is 0 Å². The molecular weight excluding hydrogens is 1350 g/mol. The fourth-order valence-electron chi connectivity index (χ4n) is 13.4. The first kappa shape index (κ1) is 83.7. The van der Waals surface area contributed by atoms with Crippen LogP contribution in [-0.2, 0) is 95.2 Å². The van der Waals surface area contributed by atoms with Crippen molar-refractivity contribution in [1.82, 2.24) is 31.9 Å². The van der Waals surface area contributed by atoms with Crippen molar-refractivity contribution >= 4 is 47.4 Å². The van der Waals surface area contributed by atoms with E-state index in [-0.39, 0.29) is 0 Å². The maximum atomic E-state index is 14.5. The van der Waals surface area contributed by atoms with Crippen LogP contribution in [0.4, 0.5) is 0 Å². The summed E-state index contributed by atoms with van der Waals surface area (Å²) in [7, 11) is 0. The molecule has 574 valence electrons. The summed E-state index contributed by atoms with van der Waals surface area (Å²) in [5.74, 6) is -11.3. The fraction of sp³-hybridized carbons (Fsp3) is 0.867. The molecule has 6 rings (SSSR count). The first-order valence-corrected chi connectivity index (χ1v) is 32.8. The predicted molar refractivity (Wildman–Crippen MR) is 327 cm³/mol. The molecule has 0 aromatic heterocycles. The Morgan fingerprint density at radius 1 is 0.280 bits per heavy atom. The van der Waals surface area contributed by atoms with Crippen LogP contribution in [0.15, 0.2) is 0 Å². The molecule has 0 aromatic carbocycles. The zero-order valence-corrected chi connectivity index (χ0v) is 56.1. The molecule has 6 aliphatic heterocycles. The van der Waals surface area contributed by atoms with Gasteiger partial charge in [-0.3, -0.25) is 38.4 Å². The van der Waals surface area contributed by atoms with E-state index in [2.05, 4.69) is 31.9 Å². The summed E-state index contributed by atoms with van der Waals surface area (Å²) in [6.07, 6.45) is -31.6. The van der Waals surface area contributed by atoms with Crippen LogP contribution in [0.1, 0.15) is 54.4 Å². The third-order valence-corrected chi connectivity index (χ3v) is 18.3. The van der Waals surface area contributed by atoms with Crippen LogP contribution in [-0.4, -0.2) is 370 Å². The minimum atomic E-state index is -1.75. The molecule has 6 heterocycles. The molecule has 40 nitrogen and oxygen atoms in total. The van der Waals surface area contributed by atoms with Gasteiger partial charge in [-0.2, -0.15) is 0 Å². The van der Waals surface area contributed by atoms with E-state index in [4.69, 9.17) is 56.8 Å². The van der Waals surface area contributed by atoms with Gasteiger partial charge in [0.05, 0.1) is 178 Å². The highest BCUT2D eigenvalue weighted by Gasteiger charge is 2.54. The number of rotatable bonds is 33. The van der Waals surface area contributed by atoms with Crippen molar-refractivity contribution in [3.05, 3.63) is 0 Å². The third kappa shape index (κ3) is 22.2. The zero-order chi connectivity index (χ0) is 74.0. The molecule has 0 aromatic rings. The van der Waals surface area contributed by atoms with Gasteiger partial charge >= 0.3 is 11.9 Å². The highest BCUT2D eigenvalue weighted by molar-refractivity contribution is 5.79. The normalized spacial score (nSPS) is 39.1. The quantitative estimate of drug-likeness (QED) is 0.0271. The molecule has 0 radical (unpaired) electrons. The van der Waals surface area contributed by atoms with Crippen LogP contribution in [0.5, 0.6) is 0 Å². The van der Waals surface area contributed by atoms with Gasteiger partial charge in [-0.15, -0.1) is 0 Å². The van der Waals surface area contributed by atoms with Crippen LogP contribution >= 0.6 is 0 Å². The van der Waals surface area contributed by atoms with Gasteiger partial charge in [0.1, 0.15) is 85.3 Å². The minimum absolute atomic E-state index is 0.473. The molecule has 6 saturated heterocycles. The van der Waals surface area contributed by atoms with Gasteiger partial charge in [0.2, 0.25) is 35.4 Å². The van der Waals surface area contributed by atoms with Crippen molar-refractivity contribution in [3.8, 4) is 0 Å². The number of hydrogen-bond acceptors (Lipinski definition) is 34. The lowest BCUT2D eigenvalue weighted by Crippen LogP contribution is -2.66. The average molecular weight is 1450 g/mol. The van der Waals surface area contributed by atoms with Gasteiger partial charge in [0.25, 0.3) is 0 Å². The van der Waals surface area contributed by atoms with Gasteiger partial charge in [-0.1, -0.05) is 0 Å². The molecule has 20 N–H and O–H groups in total. The van der Waals surface area contributed by atoms with Crippen molar-refractivity contribution in [1.29, 1.82) is 0 Å². The van der Waals surface area contributed by atoms with Crippen LogP contribution < -0.4 is 31.9 Å². The number of hydrogen-bond donors (Lipinski definition) is 20. The molecule has 0 spiro atoms. The SMILES string of the molecule is CC(=O)NC1[C@H](COC[C@@H]2C(CO)O[C@@H](COC[C@@H]3C(CO)O[C@@H](O)C(NC(C)=O)[C@H]3O)C(NC(C)=O)[C@H]2OC(=O)CCC(=O)O[C@@H]2C(NC(C)=O)[C@H](COC[C@@H]3C(CO)O[C@@H](O)C(NC(C)=O)[C@H]3O)OC(CO)[C@H]2COC[C@@H]2OC(CO)[C@@H](O)[C@H](O)C2NC(C)=O)OC(CO)[C@@H](O)[C@@H]1O. The van der Waals surface area contributed by atoms with E-state index in [1.54, 1.807) is 0 Å². The zero-order valence-electron chi connectivity index (χ0n) is 56.1. The van der Waals surface area contributed by atoms with E-state index in [1.807, 2.05) is 0 Å². The second-order valence-electron chi connectivity index (χ2n) is 25.6. The van der Waals surface area contributed by atoms with E-state index in [0.717, 1.165) is 41.5 Å². The van der Waals surface area contributed by atoms with Gasteiger partial charge < -0.3 is 160 Å². The average Bonchev–Trinajstić information content (AvgIpc) is 0.798. The summed E-state index contributed by atoms with van der Waals surface area (Å²) in [4.78, 5) is 104. The Morgan fingerprint density at radius 2 is 0.520 bits per heavy atom. The number of carbonyl (C=O) groups is 8. The maximum Gasteiger partial charge on any atom is 0.306 e. The lowest BCUT2D eigenvalue weighted by atomic mass is 9.85. The van der Waals surface area contributed by atoms with E-state index in [1.165, 1.54) is 0 Å². The van der Waals surface area contributed by atoms with Gasteiger partial charge in [0.15, 0.2) is 12.6 Å². The van der Waals surface area contributed by atoms with Gasteiger partial charge in [-0.25, -0.2) is 0 Å². The van der Waals surface area contributed by atoms with Crippen molar-refractivity contribution in [2.24, 2.45) is 23.7 Å². The molecule has 40 heteroatoms. The molecule has 0 saturated carbocycles. The maximum absolute atomic E-state index is 14.5. The van der Waals surface area contributed by atoms with Crippen molar-refractivity contribution in [2.45, 2.75) is 213 Å². The van der Waals surface area contributed by atoms with Crippen molar-refractivity contribution in [2.75, 3.05) is 92.5 Å². The van der Waals surface area contributed by atoms with Crippen LogP contribution in [0, 0.1) is 23.7 Å². The van der Waals surface area contributed by atoms with E-state index in [0.29, 0.717) is 0 Å². The van der Waals surface area contributed by atoms with E-state index in [9.17, 15) is 110 Å². The second-order valence-corrected chi connectivity index (χ2v) is 25.6. The summed E-state index contributed by atoms with van der Waals surface area (Å²) >= 11 is 0. The highest BCUT2D eigenvalue weighted by Crippen LogP contribution is 2.35. The summed E-state index contributed by atoms with van der Waals surface area (Å²) < 4.78 is 71.6. The fourth-order valence-corrected chi connectivity index (χ4v) is 13.4. The lowest BCUT2D eigenvalue weighted by molar-refractivity contribution is -0.249. The number of aliphatic hydroxyl groups excluding tert-OH is 14. The monoisotopic (exact) mass is 1450 g/mol. The predicted octanol–water partition coefficient (Wildman–Crippen LogP) is -12.2. The van der Waals surface area contributed by atoms with E-state index >= 15 is 0 Å². The Bertz CT molecular complexity index is 2470. The third-order valence-electron chi connectivity index (χ3n) is 18.3. The minimum Gasteiger partial charge on any atom is -0.460 e. The first-order chi connectivity index (χ1) is 47.4. The molecule has 30 atom stereocenters. The summed E-state index contributed by atoms with van der Waals surface area (Å²) in [5, 5.41) is 164. The van der Waals surface area contributed by atoms with Gasteiger partial charge in [-0.05, 0) is 0 Å². The summed E-state index contributed by atoms with van der Waals surface area (Å²) in [6.45, 7) is -2.22. The number of esters is 2. The molecule has 6 amide bonds. The Morgan fingerprint density at radius 3 is 0.800 bits per heavy atom. The standard InChI is InChI=1S/C60H100N6O34/c1-23(73)61-45-39(95-37(13-71)53(83)55(45)85)19-91-17-31-35(11-69)93-41(21-89-15-29-33(9-67)97-59(87)49(51(29)81)65-27(5)77)47(63-25(3)75)57(31)99-43(79)7-8-44(80)100-58-32(18-92-20-40-46(62-24(2)74)56(86)54(84)38(14-72)96-40)36(12-70)94-42(48(58)64-26(4)76)22-90-16-30-34(10-68)98-60(88)50(52(30)82)66-28(6)78/h29-42,45-60,67-72,81-88H,7-22H2,1-6H3,(H,61,73)(H,62,74)(H,63,75)(H,64,76)(H,65,77)(H,66,78)/t29-,30-,31-,32-,33?,34?,35?,36?,37?,38?,39+,40+,41+,42+,45?,46?,47?,48?,49?,50?,51+,52+,53-,54-,55-,56-,57+,58+,59-,60-/m1/s1. The van der Waals surface area contributed by atoms with Crippen molar-refractivity contribution in [3.63, 3.8) is 0 Å². The second kappa shape index (κ2) is 39.6. The first-order valence-electron chi connectivity index (χ1n) is 32.8. The molecule has 6 aliphatic rings. The summed E-state index contributed by atoms with van der Waals surface area (Å²) in [6, 6.07) is -8.30. The number of aliphatic hydroxyl groups is 14.